The summed E-state index contributed by atoms with van der Waals surface area (Å²) in [6.07, 6.45) is 4.81. The molecule has 2 amide bonds. The number of primary amides is 1. The van der Waals surface area contributed by atoms with E-state index in [0.29, 0.717) is 22.0 Å². The Bertz CT molecular complexity index is 1600. The van der Waals surface area contributed by atoms with E-state index < -0.39 is 17.7 Å². The lowest BCUT2D eigenvalue weighted by molar-refractivity contribution is -0.121. The van der Waals surface area contributed by atoms with E-state index in [-0.39, 0.29) is 12.0 Å². The predicted molar refractivity (Wildman–Crippen MR) is 140 cm³/mol. The van der Waals surface area contributed by atoms with Crippen molar-refractivity contribution in [2.24, 2.45) is 11.7 Å². The van der Waals surface area contributed by atoms with Crippen LogP contribution in [0.4, 0.5) is 5.69 Å². The molecular formula is C26H21ClN8O2. The van der Waals surface area contributed by atoms with Gasteiger partial charge in [-0.25, -0.2) is 4.98 Å². The Labute approximate surface area is 216 Å². The van der Waals surface area contributed by atoms with Crippen LogP contribution >= 0.6 is 11.6 Å². The third-order valence-corrected chi connectivity index (χ3v) is 6.08. The zero-order valence-corrected chi connectivity index (χ0v) is 20.1. The fraction of sp³-hybridized carbons (Fsp3) is 0.0769. The molecule has 10 nitrogen and oxygen atoms in total. The van der Waals surface area contributed by atoms with Crippen LogP contribution in [-0.4, -0.2) is 42.0 Å². The van der Waals surface area contributed by atoms with Crippen LogP contribution in [0.15, 0.2) is 85.0 Å². The third kappa shape index (κ3) is 5.39. The monoisotopic (exact) mass is 512 g/mol. The number of rotatable bonds is 8. The summed E-state index contributed by atoms with van der Waals surface area (Å²) in [5.41, 5.74) is 10.0. The molecule has 184 valence electrons. The maximum absolute atomic E-state index is 13.7. The lowest BCUT2D eigenvalue weighted by Gasteiger charge is -2.19. The molecule has 4 N–H and O–H groups in total. The molecule has 1 atom stereocenters. The Morgan fingerprint density at radius 3 is 2.70 bits per heavy atom. The number of halogens is 1. The number of nitrogens with two attached hydrogens (primary N) is 1. The highest BCUT2D eigenvalue weighted by atomic mass is 35.5. The van der Waals surface area contributed by atoms with Gasteiger partial charge in [0.15, 0.2) is 0 Å². The van der Waals surface area contributed by atoms with Crippen molar-refractivity contribution in [3.05, 3.63) is 101 Å². The van der Waals surface area contributed by atoms with Crippen molar-refractivity contribution >= 4 is 46.2 Å². The van der Waals surface area contributed by atoms with Gasteiger partial charge < -0.3 is 16.0 Å². The first-order chi connectivity index (χ1) is 18.0. The molecule has 2 aromatic heterocycles. The first-order valence-electron chi connectivity index (χ1n) is 11.3. The number of imidazole rings is 1. The molecule has 0 spiro atoms. The summed E-state index contributed by atoms with van der Waals surface area (Å²) in [6, 6.07) is 19.8. The Balaban J connectivity index is 1.57. The SMILES string of the molecule is NC(=O)C(=Cc1cc(Cl)ccc1-n1cnnn1)[C@H](Cc1ccccc1)C(=O)Nc1ccc2nc[nH]c2c1. The van der Waals surface area contributed by atoms with Gasteiger partial charge in [-0.1, -0.05) is 41.9 Å². The normalized spacial score (nSPS) is 12.4. The van der Waals surface area contributed by atoms with Gasteiger partial charge in [0, 0.05) is 21.8 Å². The van der Waals surface area contributed by atoms with Crippen LogP contribution in [0.5, 0.6) is 0 Å². The maximum atomic E-state index is 13.7. The van der Waals surface area contributed by atoms with Crippen LogP contribution in [0.2, 0.25) is 5.02 Å². The smallest absolute Gasteiger partial charge is 0.245 e. The zero-order valence-electron chi connectivity index (χ0n) is 19.4. The highest BCUT2D eigenvalue weighted by molar-refractivity contribution is 6.30. The van der Waals surface area contributed by atoms with Crippen molar-refractivity contribution in [3.63, 3.8) is 0 Å². The van der Waals surface area contributed by atoms with E-state index in [9.17, 15) is 9.59 Å². The Morgan fingerprint density at radius 1 is 1.11 bits per heavy atom. The van der Waals surface area contributed by atoms with E-state index in [0.717, 1.165) is 16.6 Å². The highest BCUT2D eigenvalue weighted by Gasteiger charge is 2.28. The molecule has 0 saturated heterocycles. The number of fused-ring (bicyclic) bond motifs is 1. The molecular weight excluding hydrogens is 492 g/mol. The number of aromatic nitrogens is 6. The molecule has 0 bridgehead atoms. The summed E-state index contributed by atoms with van der Waals surface area (Å²) < 4.78 is 1.44. The number of carbonyl (C=O) groups is 2. The zero-order chi connectivity index (χ0) is 25.8. The molecule has 3 aromatic carbocycles. The number of hydrogen-bond acceptors (Lipinski definition) is 6. The van der Waals surface area contributed by atoms with Crippen LogP contribution in [-0.2, 0) is 16.0 Å². The number of nitrogens with one attached hydrogen (secondary N) is 2. The van der Waals surface area contributed by atoms with Crippen molar-refractivity contribution in [1.29, 1.82) is 0 Å². The summed E-state index contributed by atoms with van der Waals surface area (Å²) in [5.74, 6) is -2.03. The minimum absolute atomic E-state index is 0.112. The van der Waals surface area contributed by atoms with Crippen LogP contribution in [0.25, 0.3) is 22.8 Å². The summed E-state index contributed by atoms with van der Waals surface area (Å²) in [4.78, 5) is 33.7. The Kier molecular flexibility index (Phi) is 6.73. The summed E-state index contributed by atoms with van der Waals surface area (Å²) >= 11 is 6.27. The molecule has 0 unspecified atom stereocenters. The van der Waals surface area contributed by atoms with Gasteiger partial charge in [-0.3, -0.25) is 9.59 Å². The van der Waals surface area contributed by atoms with Crippen molar-refractivity contribution < 1.29 is 9.59 Å². The molecule has 5 aromatic rings. The van der Waals surface area contributed by atoms with Gasteiger partial charge in [0.05, 0.1) is 29.0 Å². The lowest BCUT2D eigenvalue weighted by Crippen LogP contribution is -2.32. The number of H-pyrrole nitrogens is 1. The van der Waals surface area contributed by atoms with Gasteiger partial charge >= 0.3 is 0 Å². The quantitative estimate of drug-likeness (QED) is 0.271. The number of hydrogen-bond donors (Lipinski definition) is 3. The van der Waals surface area contributed by atoms with Gasteiger partial charge in [0.1, 0.15) is 6.33 Å². The number of tetrazole rings is 1. The number of nitrogens with zero attached hydrogens (tertiary/aromatic N) is 5. The van der Waals surface area contributed by atoms with Crippen molar-refractivity contribution in [2.75, 3.05) is 5.32 Å². The number of aromatic amines is 1. The average Bonchev–Trinajstić information content (AvgIpc) is 3.59. The van der Waals surface area contributed by atoms with Gasteiger partial charge in [0.2, 0.25) is 11.8 Å². The summed E-state index contributed by atoms with van der Waals surface area (Å²) in [7, 11) is 0. The van der Waals surface area contributed by atoms with E-state index >= 15 is 0 Å². The van der Waals surface area contributed by atoms with Crippen LogP contribution in [0.3, 0.4) is 0 Å². The van der Waals surface area contributed by atoms with E-state index in [1.807, 2.05) is 30.3 Å². The molecule has 0 aliphatic heterocycles. The predicted octanol–water partition coefficient (Wildman–Crippen LogP) is 3.56. The molecule has 11 heteroatoms. The number of benzene rings is 3. The lowest BCUT2D eigenvalue weighted by atomic mass is 9.88. The molecule has 0 aliphatic carbocycles. The highest BCUT2D eigenvalue weighted by Crippen LogP contribution is 2.27. The fourth-order valence-electron chi connectivity index (χ4n) is 4.07. The van der Waals surface area contributed by atoms with Crippen molar-refractivity contribution in [1.82, 2.24) is 30.2 Å². The van der Waals surface area contributed by atoms with Crippen LogP contribution in [0, 0.1) is 5.92 Å². The molecule has 0 fully saturated rings. The Hall–Kier alpha value is -4.83. The van der Waals surface area contributed by atoms with Gasteiger partial charge in [0.25, 0.3) is 0 Å². The van der Waals surface area contributed by atoms with Gasteiger partial charge in [-0.15, -0.1) is 5.10 Å². The topological polar surface area (TPSA) is 144 Å². The van der Waals surface area contributed by atoms with E-state index in [1.165, 1.54) is 11.0 Å². The minimum atomic E-state index is -0.905. The van der Waals surface area contributed by atoms with E-state index in [4.69, 9.17) is 17.3 Å². The number of amides is 2. The molecule has 2 heterocycles. The van der Waals surface area contributed by atoms with Gasteiger partial charge in [-0.05, 0) is 64.9 Å². The molecule has 0 aliphatic rings. The molecule has 0 saturated carbocycles. The Morgan fingerprint density at radius 2 is 1.95 bits per heavy atom. The maximum Gasteiger partial charge on any atom is 0.245 e. The number of carbonyl (C=O) groups excluding carboxylic acids is 2. The summed E-state index contributed by atoms with van der Waals surface area (Å²) in [5, 5.41) is 14.6. The number of anilines is 1. The summed E-state index contributed by atoms with van der Waals surface area (Å²) in [6.45, 7) is 0. The van der Waals surface area contributed by atoms with Crippen LogP contribution < -0.4 is 11.1 Å². The minimum Gasteiger partial charge on any atom is -0.366 e. The second-order valence-electron chi connectivity index (χ2n) is 8.29. The average molecular weight is 513 g/mol. The van der Waals surface area contributed by atoms with Gasteiger partial charge in [-0.2, -0.15) is 4.68 Å². The van der Waals surface area contributed by atoms with E-state index in [1.54, 1.807) is 48.8 Å². The van der Waals surface area contributed by atoms with E-state index in [2.05, 4.69) is 30.8 Å². The fourth-order valence-corrected chi connectivity index (χ4v) is 4.25. The molecule has 0 radical (unpaired) electrons. The second-order valence-corrected chi connectivity index (χ2v) is 8.72. The standard InChI is InChI=1S/C26H21ClN8O2/c27-18-6-9-24(35-15-31-33-34-35)17(11-18)12-20(25(28)36)21(10-16-4-2-1-3-5-16)26(37)32-19-7-8-22-23(13-19)30-14-29-22/h1-9,11-15,21H,10H2,(H2,28,36)(H,29,30)(H,32,37)/t21-/m0/s1. The van der Waals surface area contributed by atoms with Crippen LogP contribution in [0.1, 0.15) is 11.1 Å². The largest absolute Gasteiger partial charge is 0.366 e. The third-order valence-electron chi connectivity index (χ3n) is 5.84. The molecule has 5 rings (SSSR count). The first-order valence-corrected chi connectivity index (χ1v) is 11.7. The van der Waals surface area contributed by atoms with Crippen molar-refractivity contribution in [2.45, 2.75) is 6.42 Å². The van der Waals surface area contributed by atoms with Crippen molar-refractivity contribution in [3.8, 4) is 5.69 Å². The molecule has 37 heavy (non-hydrogen) atoms. The second kappa shape index (κ2) is 10.4. The first kappa shape index (κ1) is 23.9.